The van der Waals surface area contributed by atoms with Crippen LogP contribution in [-0.2, 0) is 16.0 Å². The third-order valence-corrected chi connectivity index (χ3v) is 5.38. The highest BCUT2D eigenvalue weighted by Crippen LogP contribution is 2.28. The van der Waals surface area contributed by atoms with Crippen molar-refractivity contribution in [3.8, 4) is 0 Å². The Balaban J connectivity index is 1.46. The molecule has 0 atom stereocenters. The summed E-state index contributed by atoms with van der Waals surface area (Å²) in [5, 5.41) is 3.06. The standard InChI is InChI=1S/C20H28FN3O2/c1-2-19(25)22-17-8-12-23(13-9-17)10-3-11-24-18-14-16(21)6-4-15(18)5-7-20(24)26/h4,6,14,17H,2-3,5,7-13H2,1H3,(H,22,25). The highest BCUT2D eigenvalue weighted by Gasteiger charge is 2.25. The molecule has 2 amide bonds. The third kappa shape index (κ3) is 4.61. The number of hydrogen-bond acceptors (Lipinski definition) is 3. The van der Waals surface area contributed by atoms with Crippen molar-refractivity contribution >= 4 is 17.5 Å². The number of benzene rings is 1. The summed E-state index contributed by atoms with van der Waals surface area (Å²) in [7, 11) is 0. The van der Waals surface area contributed by atoms with Gasteiger partial charge in [0.1, 0.15) is 5.82 Å². The van der Waals surface area contributed by atoms with Gasteiger partial charge in [-0.1, -0.05) is 13.0 Å². The van der Waals surface area contributed by atoms with Crippen molar-refractivity contribution < 1.29 is 14.0 Å². The van der Waals surface area contributed by atoms with E-state index < -0.39 is 0 Å². The summed E-state index contributed by atoms with van der Waals surface area (Å²) in [6.45, 7) is 5.35. The number of hydrogen-bond donors (Lipinski definition) is 1. The molecule has 6 heteroatoms. The van der Waals surface area contributed by atoms with Crippen LogP contribution in [0.3, 0.4) is 0 Å². The first-order valence-electron chi connectivity index (χ1n) is 9.67. The van der Waals surface area contributed by atoms with Gasteiger partial charge in [-0.2, -0.15) is 0 Å². The molecule has 2 aliphatic rings. The van der Waals surface area contributed by atoms with Crippen molar-refractivity contribution in [1.82, 2.24) is 10.2 Å². The number of nitrogens with zero attached hydrogens (tertiary/aromatic N) is 2. The van der Waals surface area contributed by atoms with E-state index >= 15 is 0 Å². The van der Waals surface area contributed by atoms with E-state index in [-0.39, 0.29) is 23.7 Å². The van der Waals surface area contributed by atoms with Crippen LogP contribution < -0.4 is 10.2 Å². The molecule has 1 saturated heterocycles. The average molecular weight is 361 g/mol. The van der Waals surface area contributed by atoms with Gasteiger partial charge in [0.2, 0.25) is 11.8 Å². The van der Waals surface area contributed by atoms with E-state index in [1.165, 1.54) is 12.1 Å². The summed E-state index contributed by atoms with van der Waals surface area (Å²) in [6, 6.07) is 5.03. The number of amides is 2. The molecule has 0 unspecified atom stereocenters. The Kier molecular flexibility index (Phi) is 6.25. The van der Waals surface area contributed by atoms with E-state index in [0.717, 1.165) is 50.1 Å². The summed E-state index contributed by atoms with van der Waals surface area (Å²) in [5.74, 6) is -0.0818. The molecule has 2 heterocycles. The Bertz CT molecular complexity index is 656. The first kappa shape index (κ1) is 18.8. The normalized spacial score (nSPS) is 18.7. The molecule has 0 saturated carbocycles. The molecule has 1 fully saturated rings. The maximum Gasteiger partial charge on any atom is 0.227 e. The summed E-state index contributed by atoms with van der Waals surface area (Å²) in [6.07, 6.45) is 4.55. The van der Waals surface area contributed by atoms with E-state index in [9.17, 15) is 14.0 Å². The zero-order chi connectivity index (χ0) is 18.5. The fourth-order valence-electron chi connectivity index (χ4n) is 3.84. The summed E-state index contributed by atoms with van der Waals surface area (Å²) >= 11 is 0. The number of fused-ring (bicyclic) bond motifs is 1. The summed E-state index contributed by atoms with van der Waals surface area (Å²) in [4.78, 5) is 27.9. The molecular formula is C20H28FN3O2. The first-order valence-corrected chi connectivity index (χ1v) is 9.67. The van der Waals surface area contributed by atoms with E-state index in [1.807, 2.05) is 6.92 Å². The zero-order valence-electron chi connectivity index (χ0n) is 15.5. The minimum absolute atomic E-state index is 0.0871. The molecule has 1 N–H and O–H groups in total. The predicted molar refractivity (Wildman–Crippen MR) is 99.6 cm³/mol. The lowest BCUT2D eigenvalue weighted by Gasteiger charge is -2.34. The average Bonchev–Trinajstić information content (AvgIpc) is 2.65. The molecule has 1 aromatic carbocycles. The molecule has 1 aromatic rings. The molecule has 3 rings (SSSR count). The number of anilines is 1. The van der Waals surface area contributed by atoms with Crippen LogP contribution in [0.15, 0.2) is 18.2 Å². The lowest BCUT2D eigenvalue weighted by molar-refractivity contribution is -0.121. The van der Waals surface area contributed by atoms with E-state index in [2.05, 4.69) is 10.2 Å². The van der Waals surface area contributed by atoms with Crippen LogP contribution in [-0.4, -0.2) is 48.9 Å². The van der Waals surface area contributed by atoms with Crippen LogP contribution in [0.5, 0.6) is 0 Å². The minimum atomic E-state index is -0.292. The van der Waals surface area contributed by atoms with E-state index in [0.29, 0.717) is 25.8 Å². The minimum Gasteiger partial charge on any atom is -0.353 e. The van der Waals surface area contributed by atoms with E-state index in [1.54, 1.807) is 11.0 Å². The Morgan fingerprint density at radius 2 is 2.00 bits per heavy atom. The molecule has 0 bridgehead atoms. The van der Waals surface area contributed by atoms with Crippen molar-refractivity contribution in [2.24, 2.45) is 0 Å². The Morgan fingerprint density at radius 1 is 1.23 bits per heavy atom. The maximum absolute atomic E-state index is 13.6. The van der Waals surface area contributed by atoms with Crippen molar-refractivity contribution in [2.75, 3.05) is 31.1 Å². The van der Waals surface area contributed by atoms with Crippen molar-refractivity contribution in [3.05, 3.63) is 29.6 Å². The maximum atomic E-state index is 13.6. The van der Waals surface area contributed by atoms with Crippen LogP contribution in [0.2, 0.25) is 0 Å². The second kappa shape index (κ2) is 8.62. The number of aryl methyl sites for hydroxylation is 1. The van der Waals surface area contributed by atoms with Crippen molar-refractivity contribution in [2.45, 2.75) is 51.5 Å². The molecular weight excluding hydrogens is 333 g/mol. The van der Waals surface area contributed by atoms with Gasteiger partial charge in [0, 0.05) is 44.2 Å². The summed E-state index contributed by atoms with van der Waals surface area (Å²) in [5.41, 5.74) is 1.79. The van der Waals surface area contributed by atoms with Gasteiger partial charge in [-0.3, -0.25) is 9.59 Å². The number of carbonyl (C=O) groups is 2. The van der Waals surface area contributed by atoms with Crippen LogP contribution in [0.1, 0.15) is 44.6 Å². The van der Waals surface area contributed by atoms with Gasteiger partial charge in [-0.05, 0) is 49.9 Å². The number of rotatable bonds is 6. The van der Waals surface area contributed by atoms with Gasteiger partial charge >= 0.3 is 0 Å². The smallest absolute Gasteiger partial charge is 0.227 e. The number of piperidine rings is 1. The van der Waals surface area contributed by atoms with Crippen LogP contribution in [0.4, 0.5) is 10.1 Å². The van der Waals surface area contributed by atoms with Crippen LogP contribution in [0, 0.1) is 5.82 Å². The zero-order valence-corrected chi connectivity index (χ0v) is 15.5. The number of nitrogens with one attached hydrogen (secondary N) is 1. The lowest BCUT2D eigenvalue weighted by atomic mass is 10.0. The summed E-state index contributed by atoms with van der Waals surface area (Å²) < 4.78 is 13.6. The fraction of sp³-hybridized carbons (Fsp3) is 0.600. The molecule has 0 spiro atoms. The molecule has 2 aliphatic heterocycles. The second-order valence-electron chi connectivity index (χ2n) is 7.21. The third-order valence-electron chi connectivity index (χ3n) is 5.38. The SMILES string of the molecule is CCC(=O)NC1CCN(CCCN2C(=O)CCc3ccc(F)cc32)CC1. The van der Waals surface area contributed by atoms with Crippen LogP contribution >= 0.6 is 0 Å². The Morgan fingerprint density at radius 3 is 2.73 bits per heavy atom. The predicted octanol–water partition coefficient (Wildman–Crippen LogP) is 2.49. The molecule has 26 heavy (non-hydrogen) atoms. The lowest BCUT2D eigenvalue weighted by Crippen LogP contribution is -2.45. The highest BCUT2D eigenvalue weighted by atomic mass is 19.1. The van der Waals surface area contributed by atoms with Gasteiger partial charge < -0.3 is 15.1 Å². The second-order valence-corrected chi connectivity index (χ2v) is 7.21. The molecule has 0 aliphatic carbocycles. The van der Waals surface area contributed by atoms with Gasteiger partial charge in [-0.15, -0.1) is 0 Å². The Labute approximate surface area is 154 Å². The largest absolute Gasteiger partial charge is 0.353 e. The number of halogens is 1. The fourth-order valence-corrected chi connectivity index (χ4v) is 3.84. The van der Waals surface area contributed by atoms with Gasteiger partial charge in [0.05, 0.1) is 0 Å². The quantitative estimate of drug-likeness (QED) is 0.847. The molecule has 0 aromatic heterocycles. The highest BCUT2D eigenvalue weighted by molar-refractivity contribution is 5.96. The van der Waals surface area contributed by atoms with Gasteiger partial charge in [0.25, 0.3) is 0 Å². The van der Waals surface area contributed by atoms with Gasteiger partial charge in [0.15, 0.2) is 0 Å². The number of carbonyl (C=O) groups excluding carboxylic acids is 2. The molecule has 0 radical (unpaired) electrons. The van der Waals surface area contributed by atoms with Crippen LogP contribution in [0.25, 0.3) is 0 Å². The van der Waals surface area contributed by atoms with Gasteiger partial charge in [-0.25, -0.2) is 4.39 Å². The van der Waals surface area contributed by atoms with Crippen molar-refractivity contribution in [1.29, 1.82) is 0 Å². The number of likely N-dealkylation sites (tertiary alicyclic amines) is 1. The monoisotopic (exact) mass is 361 g/mol. The molecule has 142 valence electrons. The van der Waals surface area contributed by atoms with Crippen molar-refractivity contribution in [3.63, 3.8) is 0 Å². The molecule has 5 nitrogen and oxygen atoms in total. The van der Waals surface area contributed by atoms with E-state index in [4.69, 9.17) is 0 Å². The Hall–Kier alpha value is -1.95. The topological polar surface area (TPSA) is 52.7 Å². The first-order chi connectivity index (χ1) is 12.6.